The van der Waals surface area contributed by atoms with Crippen LogP contribution in [0.1, 0.15) is 0 Å². The molecule has 0 radical (unpaired) electrons. The lowest BCUT2D eigenvalue weighted by molar-refractivity contribution is 0.0836. The molecule has 1 atom stereocenters. The van der Waals surface area contributed by atoms with Crippen LogP contribution >= 0.6 is 23.6 Å². The van der Waals surface area contributed by atoms with Gasteiger partial charge in [0, 0.05) is 23.6 Å². The number of aliphatic hydroxyl groups is 2. The van der Waals surface area contributed by atoms with Crippen molar-refractivity contribution in [2.45, 2.75) is 6.10 Å². The third-order valence-electron chi connectivity index (χ3n) is 0.883. The van der Waals surface area contributed by atoms with Gasteiger partial charge in [0.05, 0.1) is 19.3 Å². The van der Waals surface area contributed by atoms with Gasteiger partial charge in [-0.15, -0.1) is 0 Å². The number of nitrogens with one attached hydrogen (secondary N) is 1. The molecule has 7 heteroatoms. The lowest BCUT2D eigenvalue weighted by Crippen LogP contribution is -2.35. The van der Waals surface area contributed by atoms with Crippen molar-refractivity contribution in [1.82, 2.24) is 9.25 Å². The van der Waals surface area contributed by atoms with Gasteiger partial charge in [-0.2, -0.15) is 0 Å². The van der Waals surface area contributed by atoms with Gasteiger partial charge < -0.3 is 10.2 Å². The van der Waals surface area contributed by atoms with Crippen LogP contribution in [0.4, 0.5) is 4.79 Å². The smallest absolute Gasteiger partial charge is 0.346 e. The Morgan fingerprint density at radius 3 is 2.64 bits per heavy atom. The number of halogens is 2. The SMILES string of the molecule is O=C(NCl)N(Cl)CC(O)CO. The maximum absolute atomic E-state index is 10.5. The van der Waals surface area contributed by atoms with Gasteiger partial charge in [0.15, 0.2) is 0 Å². The molecule has 0 saturated heterocycles. The average Bonchev–Trinajstić information content (AvgIpc) is 2.02. The van der Waals surface area contributed by atoms with Gasteiger partial charge in [0.2, 0.25) is 0 Å². The molecule has 0 aromatic rings. The van der Waals surface area contributed by atoms with Crippen LogP contribution in [-0.4, -0.2) is 39.9 Å². The number of hydrogen-bond donors (Lipinski definition) is 3. The van der Waals surface area contributed by atoms with Crippen LogP contribution in [-0.2, 0) is 0 Å². The molecule has 0 bridgehead atoms. The molecular formula is C4H8Cl2N2O3. The Bertz CT molecular complexity index is 135. The molecule has 0 fully saturated rings. The van der Waals surface area contributed by atoms with Crippen LogP contribution in [0.15, 0.2) is 0 Å². The van der Waals surface area contributed by atoms with Gasteiger partial charge in [-0.25, -0.2) is 14.0 Å². The van der Waals surface area contributed by atoms with E-state index in [1.165, 1.54) is 0 Å². The fourth-order valence-electron chi connectivity index (χ4n) is 0.372. The standard InChI is InChI=1S/C4H8Cl2N2O3/c5-7-4(11)8(6)1-3(10)2-9/h3,9-10H,1-2H2,(H,7,11). The first-order chi connectivity index (χ1) is 5.11. The Morgan fingerprint density at radius 2 is 2.27 bits per heavy atom. The van der Waals surface area contributed by atoms with E-state index in [2.05, 4.69) is 0 Å². The first kappa shape index (κ1) is 10.8. The van der Waals surface area contributed by atoms with Crippen molar-refractivity contribution in [2.75, 3.05) is 13.2 Å². The summed E-state index contributed by atoms with van der Waals surface area (Å²) >= 11 is 10.2. The second-order valence-electron chi connectivity index (χ2n) is 1.78. The summed E-state index contributed by atoms with van der Waals surface area (Å²) in [6.45, 7) is -0.643. The predicted molar refractivity (Wildman–Crippen MR) is 40.0 cm³/mol. The molecule has 3 N–H and O–H groups in total. The lowest BCUT2D eigenvalue weighted by Gasteiger charge is -2.14. The monoisotopic (exact) mass is 202 g/mol. The molecular weight excluding hydrogens is 195 g/mol. The van der Waals surface area contributed by atoms with Crippen molar-refractivity contribution >= 4 is 29.6 Å². The first-order valence-corrected chi connectivity index (χ1v) is 3.46. The van der Waals surface area contributed by atoms with Crippen LogP contribution in [0.25, 0.3) is 0 Å². The van der Waals surface area contributed by atoms with Crippen LogP contribution in [0.3, 0.4) is 0 Å². The Kier molecular flexibility index (Phi) is 5.31. The quantitative estimate of drug-likeness (QED) is 0.549. The van der Waals surface area contributed by atoms with Crippen LogP contribution < -0.4 is 4.84 Å². The second-order valence-corrected chi connectivity index (χ2v) is 2.38. The first-order valence-electron chi connectivity index (χ1n) is 2.74. The summed E-state index contributed by atoms with van der Waals surface area (Å²) < 4.78 is 0.633. The molecule has 0 aromatic heterocycles. The Morgan fingerprint density at radius 1 is 1.73 bits per heavy atom. The molecule has 0 heterocycles. The summed E-state index contributed by atoms with van der Waals surface area (Å²) in [5.41, 5.74) is 0. The Labute approximate surface area is 73.7 Å². The Balaban J connectivity index is 3.67. The van der Waals surface area contributed by atoms with Crippen molar-refractivity contribution in [3.8, 4) is 0 Å². The van der Waals surface area contributed by atoms with E-state index >= 15 is 0 Å². The fraction of sp³-hybridized carbons (Fsp3) is 0.750. The second kappa shape index (κ2) is 5.42. The van der Waals surface area contributed by atoms with Gasteiger partial charge in [-0.1, -0.05) is 0 Å². The van der Waals surface area contributed by atoms with Crippen molar-refractivity contribution in [3.05, 3.63) is 0 Å². The molecule has 0 aliphatic heterocycles. The summed E-state index contributed by atoms with van der Waals surface area (Å²) in [6, 6.07) is -0.749. The highest BCUT2D eigenvalue weighted by atomic mass is 35.5. The van der Waals surface area contributed by atoms with Crippen molar-refractivity contribution < 1.29 is 15.0 Å². The molecule has 5 nitrogen and oxygen atoms in total. The molecule has 66 valence electrons. The summed E-state index contributed by atoms with van der Waals surface area (Å²) in [6.07, 6.45) is -1.05. The molecule has 0 aliphatic rings. The van der Waals surface area contributed by atoms with E-state index in [1.807, 2.05) is 0 Å². The zero-order chi connectivity index (χ0) is 8.85. The summed E-state index contributed by atoms with van der Waals surface area (Å²) in [4.78, 5) is 12.3. The van der Waals surface area contributed by atoms with E-state index in [1.54, 1.807) is 4.84 Å². The van der Waals surface area contributed by atoms with Gasteiger partial charge in [0.1, 0.15) is 0 Å². The number of carbonyl (C=O) groups excluding carboxylic acids is 1. The number of hydrogen-bond acceptors (Lipinski definition) is 3. The van der Waals surface area contributed by atoms with Crippen LogP contribution in [0.5, 0.6) is 0 Å². The van der Waals surface area contributed by atoms with Crippen LogP contribution in [0, 0.1) is 0 Å². The van der Waals surface area contributed by atoms with Gasteiger partial charge in [0.25, 0.3) is 0 Å². The molecule has 0 saturated carbocycles. The number of nitrogens with zero attached hydrogens (tertiary/aromatic N) is 1. The largest absolute Gasteiger partial charge is 0.394 e. The van der Waals surface area contributed by atoms with Crippen molar-refractivity contribution in [3.63, 3.8) is 0 Å². The zero-order valence-corrected chi connectivity index (χ0v) is 7.01. The summed E-state index contributed by atoms with van der Waals surface area (Å²) in [7, 11) is 0. The maximum atomic E-state index is 10.5. The minimum Gasteiger partial charge on any atom is -0.394 e. The minimum absolute atomic E-state index is 0.184. The van der Waals surface area contributed by atoms with E-state index in [4.69, 9.17) is 33.8 Å². The van der Waals surface area contributed by atoms with Crippen LogP contribution in [0.2, 0.25) is 0 Å². The molecule has 0 rings (SSSR count). The highest BCUT2D eigenvalue weighted by Gasteiger charge is 2.13. The highest BCUT2D eigenvalue weighted by molar-refractivity contribution is 6.27. The zero-order valence-electron chi connectivity index (χ0n) is 5.50. The average molecular weight is 203 g/mol. The van der Waals surface area contributed by atoms with E-state index in [0.717, 1.165) is 0 Å². The van der Waals surface area contributed by atoms with E-state index in [-0.39, 0.29) is 6.54 Å². The number of carbonyl (C=O) groups is 1. The third-order valence-corrected chi connectivity index (χ3v) is 1.34. The number of aliphatic hydroxyl groups excluding tert-OH is 2. The highest BCUT2D eigenvalue weighted by Crippen LogP contribution is 1.97. The van der Waals surface area contributed by atoms with Gasteiger partial charge >= 0.3 is 6.03 Å². The lowest BCUT2D eigenvalue weighted by atomic mass is 10.4. The third kappa shape index (κ3) is 4.26. The number of rotatable bonds is 3. The normalized spacial score (nSPS) is 12.4. The predicted octanol–water partition coefficient (Wildman–Crippen LogP) is -0.341. The fourth-order valence-corrected chi connectivity index (χ4v) is 0.718. The van der Waals surface area contributed by atoms with E-state index < -0.39 is 18.7 Å². The molecule has 2 amide bonds. The molecule has 0 aliphatic carbocycles. The van der Waals surface area contributed by atoms with Gasteiger partial charge in [-0.3, -0.25) is 0 Å². The molecule has 11 heavy (non-hydrogen) atoms. The molecule has 0 aromatic carbocycles. The number of urea groups is 1. The maximum Gasteiger partial charge on any atom is 0.346 e. The topological polar surface area (TPSA) is 72.8 Å². The van der Waals surface area contributed by atoms with E-state index in [9.17, 15) is 4.79 Å². The van der Waals surface area contributed by atoms with Crippen molar-refractivity contribution in [2.24, 2.45) is 0 Å². The van der Waals surface area contributed by atoms with Crippen molar-refractivity contribution in [1.29, 1.82) is 0 Å². The van der Waals surface area contributed by atoms with Gasteiger partial charge in [-0.05, 0) is 0 Å². The molecule has 0 spiro atoms. The summed E-state index contributed by atoms with van der Waals surface area (Å²) in [5.74, 6) is 0. The minimum atomic E-state index is -1.05. The van der Waals surface area contributed by atoms with E-state index in [0.29, 0.717) is 4.42 Å². The molecule has 1 unspecified atom stereocenters. The number of amides is 2. The summed E-state index contributed by atoms with van der Waals surface area (Å²) in [5, 5.41) is 17.1. The Hall–Kier alpha value is -0.230.